The first kappa shape index (κ1) is 18.0. The van der Waals surface area contributed by atoms with E-state index in [1.807, 2.05) is 55.5 Å². The smallest absolute Gasteiger partial charge is 0.247 e. The number of hydrogen-bond donors (Lipinski definition) is 1. The summed E-state index contributed by atoms with van der Waals surface area (Å²) >= 11 is 0. The van der Waals surface area contributed by atoms with Crippen LogP contribution in [0, 0.1) is 0 Å². The number of benzene rings is 2. The Bertz CT molecular complexity index is 786. The predicted molar refractivity (Wildman–Crippen MR) is 102 cm³/mol. The molecule has 0 spiro atoms. The van der Waals surface area contributed by atoms with Crippen LogP contribution in [0.4, 0.5) is 5.69 Å². The Morgan fingerprint density at radius 1 is 1.15 bits per heavy atom. The number of rotatable bonds is 5. The number of amides is 2. The topological polar surface area (TPSA) is 58.6 Å². The number of likely N-dealkylation sites (tertiary alicyclic amines) is 1. The van der Waals surface area contributed by atoms with Crippen molar-refractivity contribution >= 4 is 17.5 Å². The Labute approximate surface area is 154 Å². The normalized spacial score (nSPS) is 16.4. The first-order valence-corrected chi connectivity index (χ1v) is 8.97. The maximum absolute atomic E-state index is 12.6. The van der Waals surface area contributed by atoms with Crippen LogP contribution in [0.1, 0.15) is 26.2 Å². The molecule has 136 valence electrons. The molecule has 0 bridgehead atoms. The number of nitrogens with zero attached hydrogens (tertiary/aromatic N) is 1. The number of ether oxygens (including phenoxy) is 1. The number of hydrogen-bond acceptors (Lipinski definition) is 3. The first-order valence-electron chi connectivity index (χ1n) is 8.97. The van der Waals surface area contributed by atoms with Crippen molar-refractivity contribution in [3.05, 3.63) is 48.5 Å². The van der Waals surface area contributed by atoms with Gasteiger partial charge in [-0.3, -0.25) is 9.59 Å². The molecule has 1 N–H and O–H groups in total. The van der Waals surface area contributed by atoms with E-state index >= 15 is 0 Å². The molecule has 1 fully saturated rings. The molecule has 1 aliphatic rings. The molecule has 26 heavy (non-hydrogen) atoms. The maximum Gasteiger partial charge on any atom is 0.247 e. The summed E-state index contributed by atoms with van der Waals surface area (Å²) < 4.78 is 5.26. The van der Waals surface area contributed by atoms with Crippen LogP contribution in [0.15, 0.2) is 48.5 Å². The third-order valence-corrected chi connectivity index (χ3v) is 4.73. The number of anilines is 1. The van der Waals surface area contributed by atoms with Crippen molar-refractivity contribution in [2.45, 2.75) is 32.2 Å². The lowest BCUT2D eigenvalue weighted by molar-refractivity contribution is -0.136. The molecule has 2 amide bonds. The van der Waals surface area contributed by atoms with Crippen LogP contribution >= 0.6 is 0 Å². The molecule has 0 radical (unpaired) electrons. The average Bonchev–Trinajstić information content (AvgIpc) is 3.18. The second-order valence-electron chi connectivity index (χ2n) is 6.40. The van der Waals surface area contributed by atoms with Crippen molar-refractivity contribution in [3.63, 3.8) is 0 Å². The van der Waals surface area contributed by atoms with Gasteiger partial charge in [0.2, 0.25) is 11.8 Å². The highest BCUT2D eigenvalue weighted by Gasteiger charge is 2.33. The molecular formula is C21H24N2O3. The summed E-state index contributed by atoms with van der Waals surface area (Å²) in [5, 5.41) is 2.94. The van der Waals surface area contributed by atoms with Gasteiger partial charge in [-0.05, 0) is 48.2 Å². The molecule has 1 saturated heterocycles. The maximum atomic E-state index is 12.6. The van der Waals surface area contributed by atoms with Gasteiger partial charge < -0.3 is 15.0 Å². The summed E-state index contributed by atoms with van der Waals surface area (Å²) in [4.78, 5) is 26.2. The van der Waals surface area contributed by atoms with Gasteiger partial charge in [-0.2, -0.15) is 0 Å². The molecule has 5 heteroatoms. The lowest BCUT2D eigenvalue weighted by Crippen LogP contribution is -2.42. The summed E-state index contributed by atoms with van der Waals surface area (Å²) in [7, 11) is 1.65. The number of carbonyl (C=O) groups excluding carboxylic acids is 2. The third kappa shape index (κ3) is 3.87. The van der Waals surface area contributed by atoms with E-state index in [2.05, 4.69) is 5.32 Å². The lowest BCUT2D eigenvalue weighted by Gasteiger charge is -2.23. The van der Waals surface area contributed by atoms with Crippen molar-refractivity contribution in [2.75, 3.05) is 19.0 Å². The standard InChI is InChI=1S/C21H24N2O3/c1-3-20(24)23-13-5-8-19(23)21(25)22-17-11-9-15(10-12-17)16-6-4-7-18(14-16)26-2/h4,6-7,9-12,14,19H,3,5,8,13H2,1-2H3,(H,22,25)/t19-/m1/s1. The quantitative estimate of drug-likeness (QED) is 0.892. The molecule has 0 unspecified atom stereocenters. The van der Waals surface area contributed by atoms with Crippen LogP contribution in [0.25, 0.3) is 11.1 Å². The molecule has 0 saturated carbocycles. The largest absolute Gasteiger partial charge is 0.497 e. The van der Waals surface area contributed by atoms with Crippen LogP contribution in [-0.4, -0.2) is 36.4 Å². The monoisotopic (exact) mass is 352 g/mol. The zero-order chi connectivity index (χ0) is 18.5. The van der Waals surface area contributed by atoms with Gasteiger partial charge in [0.15, 0.2) is 0 Å². The Morgan fingerprint density at radius 2 is 1.92 bits per heavy atom. The van der Waals surface area contributed by atoms with Crippen LogP contribution in [-0.2, 0) is 9.59 Å². The van der Waals surface area contributed by atoms with Crippen LogP contribution in [0.2, 0.25) is 0 Å². The van der Waals surface area contributed by atoms with E-state index in [1.165, 1.54) is 0 Å². The molecule has 0 aliphatic carbocycles. The molecular weight excluding hydrogens is 328 g/mol. The molecule has 5 nitrogen and oxygen atoms in total. The van der Waals surface area contributed by atoms with E-state index in [0.717, 1.165) is 35.4 Å². The first-order chi connectivity index (χ1) is 12.6. The summed E-state index contributed by atoms with van der Waals surface area (Å²) in [6, 6.07) is 15.2. The second-order valence-corrected chi connectivity index (χ2v) is 6.40. The molecule has 1 heterocycles. The second kappa shape index (κ2) is 8.04. The van der Waals surface area contributed by atoms with E-state index in [-0.39, 0.29) is 17.9 Å². The Balaban J connectivity index is 1.69. The van der Waals surface area contributed by atoms with Gasteiger partial charge in [0.05, 0.1) is 7.11 Å². The fraction of sp³-hybridized carbons (Fsp3) is 0.333. The van der Waals surface area contributed by atoms with Crippen molar-refractivity contribution in [1.82, 2.24) is 4.90 Å². The third-order valence-electron chi connectivity index (χ3n) is 4.73. The molecule has 0 aromatic heterocycles. The zero-order valence-electron chi connectivity index (χ0n) is 15.2. The van der Waals surface area contributed by atoms with Gasteiger partial charge in [-0.15, -0.1) is 0 Å². The van der Waals surface area contributed by atoms with Gasteiger partial charge >= 0.3 is 0 Å². The van der Waals surface area contributed by atoms with E-state index in [0.29, 0.717) is 13.0 Å². The highest BCUT2D eigenvalue weighted by atomic mass is 16.5. The minimum atomic E-state index is -0.361. The van der Waals surface area contributed by atoms with Crippen molar-refractivity contribution < 1.29 is 14.3 Å². The Hall–Kier alpha value is -2.82. The highest BCUT2D eigenvalue weighted by Crippen LogP contribution is 2.26. The van der Waals surface area contributed by atoms with Gasteiger partial charge in [-0.25, -0.2) is 0 Å². The van der Waals surface area contributed by atoms with E-state index < -0.39 is 0 Å². The fourth-order valence-corrected chi connectivity index (χ4v) is 3.32. The van der Waals surface area contributed by atoms with Crippen molar-refractivity contribution in [1.29, 1.82) is 0 Å². The van der Waals surface area contributed by atoms with Gasteiger partial charge in [-0.1, -0.05) is 31.2 Å². The average molecular weight is 352 g/mol. The number of nitrogens with one attached hydrogen (secondary N) is 1. The molecule has 1 atom stereocenters. The minimum absolute atomic E-state index is 0.0380. The molecule has 3 rings (SSSR count). The summed E-state index contributed by atoms with van der Waals surface area (Å²) in [6.45, 7) is 2.49. The van der Waals surface area contributed by atoms with Gasteiger partial charge in [0, 0.05) is 18.7 Å². The summed E-state index contributed by atoms with van der Waals surface area (Å²) in [6.07, 6.45) is 2.02. The zero-order valence-corrected chi connectivity index (χ0v) is 15.2. The Kier molecular flexibility index (Phi) is 5.56. The van der Waals surface area contributed by atoms with Crippen molar-refractivity contribution in [3.8, 4) is 16.9 Å². The van der Waals surface area contributed by atoms with E-state index in [9.17, 15) is 9.59 Å². The van der Waals surface area contributed by atoms with Crippen LogP contribution < -0.4 is 10.1 Å². The minimum Gasteiger partial charge on any atom is -0.497 e. The van der Waals surface area contributed by atoms with Gasteiger partial charge in [0.1, 0.15) is 11.8 Å². The highest BCUT2D eigenvalue weighted by molar-refractivity contribution is 5.97. The predicted octanol–water partition coefficient (Wildman–Crippen LogP) is 3.70. The van der Waals surface area contributed by atoms with Crippen LogP contribution in [0.5, 0.6) is 5.75 Å². The molecule has 2 aromatic carbocycles. The SMILES string of the molecule is CCC(=O)N1CCC[C@@H]1C(=O)Nc1ccc(-c2cccc(OC)c2)cc1. The van der Waals surface area contributed by atoms with E-state index in [4.69, 9.17) is 4.74 Å². The van der Waals surface area contributed by atoms with E-state index in [1.54, 1.807) is 12.0 Å². The Morgan fingerprint density at radius 3 is 2.62 bits per heavy atom. The summed E-state index contributed by atoms with van der Waals surface area (Å²) in [5.41, 5.74) is 2.83. The van der Waals surface area contributed by atoms with Gasteiger partial charge in [0.25, 0.3) is 0 Å². The number of methoxy groups -OCH3 is 1. The fourth-order valence-electron chi connectivity index (χ4n) is 3.32. The number of carbonyl (C=O) groups is 2. The van der Waals surface area contributed by atoms with Crippen LogP contribution in [0.3, 0.4) is 0 Å². The molecule has 1 aliphatic heterocycles. The summed E-state index contributed by atoms with van der Waals surface area (Å²) in [5.74, 6) is 0.733. The van der Waals surface area contributed by atoms with Crippen molar-refractivity contribution in [2.24, 2.45) is 0 Å². The molecule has 2 aromatic rings. The lowest BCUT2D eigenvalue weighted by atomic mass is 10.0.